The summed E-state index contributed by atoms with van der Waals surface area (Å²) in [6.07, 6.45) is 8.36. The third-order valence-corrected chi connectivity index (χ3v) is 4.85. The zero-order valence-corrected chi connectivity index (χ0v) is 12.4. The second kappa shape index (κ2) is 5.00. The van der Waals surface area contributed by atoms with Gasteiger partial charge >= 0.3 is 0 Å². The fourth-order valence-corrected chi connectivity index (χ4v) is 3.71. The SMILES string of the molecule is O=C(NN1CC2CCC1CC2)c1cc2cc(Cl)cn2cn1. The number of nitrogens with zero attached hydrogens (tertiary/aromatic N) is 3. The fraction of sp³-hybridized carbons (Fsp3) is 0.467. The van der Waals surface area contributed by atoms with Gasteiger partial charge in [-0.05, 0) is 43.7 Å². The van der Waals surface area contributed by atoms with E-state index in [1.54, 1.807) is 18.6 Å². The number of fused-ring (bicyclic) bond motifs is 4. The molecule has 4 heterocycles. The summed E-state index contributed by atoms with van der Waals surface area (Å²) in [7, 11) is 0. The van der Waals surface area contributed by atoms with E-state index in [4.69, 9.17) is 11.6 Å². The van der Waals surface area contributed by atoms with E-state index in [0.29, 0.717) is 16.8 Å². The molecule has 0 atom stereocenters. The van der Waals surface area contributed by atoms with Gasteiger partial charge in [0.15, 0.2) is 0 Å². The number of halogens is 1. The van der Waals surface area contributed by atoms with Crippen molar-refractivity contribution in [3.63, 3.8) is 0 Å². The smallest absolute Gasteiger partial charge is 0.284 e. The molecule has 110 valence electrons. The molecule has 5 nitrogen and oxygen atoms in total. The fourth-order valence-electron chi connectivity index (χ4n) is 3.49. The Bertz CT molecular complexity index is 690. The Kier molecular flexibility index (Phi) is 3.12. The van der Waals surface area contributed by atoms with Gasteiger partial charge in [-0.1, -0.05) is 11.6 Å². The maximum absolute atomic E-state index is 12.4. The molecule has 2 saturated heterocycles. The molecule has 1 amide bonds. The molecule has 2 aliphatic heterocycles. The summed E-state index contributed by atoms with van der Waals surface area (Å²) >= 11 is 5.96. The van der Waals surface area contributed by atoms with E-state index in [1.807, 2.05) is 10.5 Å². The molecule has 1 aliphatic carbocycles. The lowest BCUT2D eigenvalue weighted by Gasteiger charge is -2.44. The van der Waals surface area contributed by atoms with Crippen molar-refractivity contribution in [3.8, 4) is 0 Å². The Labute approximate surface area is 127 Å². The van der Waals surface area contributed by atoms with Crippen LogP contribution in [0.2, 0.25) is 5.02 Å². The minimum atomic E-state index is -0.137. The summed E-state index contributed by atoms with van der Waals surface area (Å²) in [5.74, 6) is 0.595. The van der Waals surface area contributed by atoms with E-state index in [1.165, 1.54) is 25.7 Å². The first-order valence-electron chi connectivity index (χ1n) is 7.40. The van der Waals surface area contributed by atoms with E-state index in [9.17, 15) is 4.79 Å². The van der Waals surface area contributed by atoms with Crippen LogP contribution in [0.4, 0.5) is 0 Å². The molecule has 6 heteroatoms. The van der Waals surface area contributed by atoms with Crippen LogP contribution < -0.4 is 5.43 Å². The van der Waals surface area contributed by atoms with Crippen LogP contribution in [0.25, 0.3) is 5.52 Å². The van der Waals surface area contributed by atoms with E-state index in [2.05, 4.69) is 15.4 Å². The normalized spacial score (nSPS) is 25.4. The van der Waals surface area contributed by atoms with E-state index in [-0.39, 0.29) is 5.91 Å². The molecule has 0 aromatic carbocycles. The van der Waals surface area contributed by atoms with Crippen LogP contribution in [0.3, 0.4) is 0 Å². The Balaban J connectivity index is 1.53. The molecular formula is C15H17ClN4O. The Morgan fingerprint density at radius 3 is 2.81 bits per heavy atom. The molecule has 1 N–H and O–H groups in total. The molecule has 2 aromatic rings. The van der Waals surface area contributed by atoms with Crippen molar-refractivity contribution < 1.29 is 4.79 Å². The van der Waals surface area contributed by atoms with Crippen molar-refractivity contribution in [2.45, 2.75) is 31.7 Å². The Hall–Kier alpha value is -1.59. The van der Waals surface area contributed by atoms with Crippen molar-refractivity contribution in [1.82, 2.24) is 19.8 Å². The van der Waals surface area contributed by atoms with Crippen LogP contribution >= 0.6 is 11.6 Å². The number of rotatable bonds is 2. The first-order valence-corrected chi connectivity index (χ1v) is 7.78. The molecule has 2 aromatic heterocycles. The van der Waals surface area contributed by atoms with Gasteiger partial charge < -0.3 is 4.40 Å². The topological polar surface area (TPSA) is 49.6 Å². The van der Waals surface area contributed by atoms with Crippen molar-refractivity contribution in [2.24, 2.45) is 5.92 Å². The summed E-state index contributed by atoms with van der Waals surface area (Å²) in [5, 5.41) is 2.75. The average molecular weight is 305 g/mol. The van der Waals surface area contributed by atoms with Gasteiger partial charge in [-0.15, -0.1) is 0 Å². The third-order valence-electron chi connectivity index (χ3n) is 4.64. The van der Waals surface area contributed by atoms with Gasteiger partial charge in [0.1, 0.15) is 12.0 Å². The zero-order valence-electron chi connectivity index (χ0n) is 11.6. The maximum atomic E-state index is 12.4. The second-order valence-electron chi connectivity index (χ2n) is 6.03. The average Bonchev–Trinajstić information content (AvgIpc) is 2.87. The van der Waals surface area contributed by atoms with Crippen LogP contribution in [-0.4, -0.2) is 32.9 Å². The number of amides is 1. The van der Waals surface area contributed by atoms with Crippen LogP contribution in [0, 0.1) is 5.92 Å². The molecule has 2 bridgehead atoms. The van der Waals surface area contributed by atoms with Gasteiger partial charge in [0.2, 0.25) is 0 Å². The minimum Gasteiger partial charge on any atom is -0.306 e. The van der Waals surface area contributed by atoms with Crippen molar-refractivity contribution in [1.29, 1.82) is 0 Å². The lowest BCUT2D eigenvalue weighted by Crippen LogP contribution is -2.56. The molecule has 5 rings (SSSR count). The second-order valence-corrected chi connectivity index (χ2v) is 6.47. The highest BCUT2D eigenvalue weighted by Crippen LogP contribution is 2.33. The number of carbonyl (C=O) groups is 1. The van der Waals surface area contributed by atoms with Crippen LogP contribution in [-0.2, 0) is 0 Å². The predicted octanol–water partition coefficient (Wildman–Crippen LogP) is 2.51. The summed E-state index contributed by atoms with van der Waals surface area (Å²) in [5.41, 5.74) is 4.33. The van der Waals surface area contributed by atoms with Gasteiger partial charge in [-0.25, -0.2) is 9.99 Å². The molecular weight excluding hydrogens is 288 g/mol. The van der Waals surface area contributed by atoms with Gasteiger partial charge in [-0.3, -0.25) is 10.2 Å². The van der Waals surface area contributed by atoms with Gasteiger partial charge in [0.05, 0.1) is 10.5 Å². The molecule has 3 fully saturated rings. The van der Waals surface area contributed by atoms with E-state index in [0.717, 1.165) is 18.0 Å². The molecule has 0 spiro atoms. The number of piperidine rings is 2. The zero-order chi connectivity index (χ0) is 14.4. The highest BCUT2D eigenvalue weighted by Gasteiger charge is 2.34. The monoisotopic (exact) mass is 304 g/mol. The number of hydrazine groups is 1. The minimum absolute atomic E-state index is 0.137. The van der Waals surface area contributed by atoms with Crippen LogP contribution in [0.15, 0.2) is 24.7 Å². The lowest BCUT2D eigenvalue weighted by atomic mass is 9.81. The predicted molar refractivity (Wildman–Crippen MR) is 80.1 cm³/mol. The Morgan fingerprint density at radius 2 is 2.10 bits per heavy atom. The third kappa shape index (κ3) is 2.40. The van der Waals surface area contributed by atoms with Crippen molar-refractivity contribution >= 4 is 23.0 Å². The summed E-state index contributed by atoms with van der Waals surface area (Å²) < 4.78 is 1.81. The van der Waals surface area contributed by atoms with Gasteiger partial charge in [-0.2, -0.15) is 0 Å². The van der Waals surface area contributed by atoms with E-state index >= 15 is 0 Å². The number of hydrogen-bond acceptors (Lipinski definition) is 3. The first-order chi connectivity index (χ1) is 10.2. The van der Waals surface area contributed by atoms with Crippen molar-refractivity contribution in [2.75, 3.05) is 6.54 Å². The Morgan fingerprint density at radius 1 is 1.29 bits per heavy atom. The maximum Gasteiger partial charge on any atom is 0.284 e. The highest BCUT2D eigenvalue weighted by atomic mass is 35.5. The number of nitrogens with one attached hydrogen (secondary N) is 1. The lowest BCUT2D eigenvalue weighted by molar-refractivity contribution is 0.00776. The van der Waals surface area contributed by atoms with Crippen LogP contribution in [0.1, 0.15) is 36.2 Å². The number of aromatic nitrogens is 2. The van der Waals surface area contributed by atoms with Crippen LogP contribution in [0.5, 0.6) is 0 Å². The van der Waals surface area contributed by atoms with E-state index < -0.39 is 0 Å². The van der Waals surface area contributed by atoms with Gasteiger partial charge in [0.25, 0.3) is 5.91 Å². The molecule has 1 saturated carbocycles. The standard InChI is InChI=1S/C15H17ClN4O/c16-11-5-13-6-14(17-9-19(13)8-11)15(21)18-20-7-10-1-3-12(20)4-2-10/h5-6,8-10,12H,1-4,7H2,(H,18,21). The quantitative estimate of drug-likeness (QED) is 0.927. The first kappa shape index (κ1) is 13.1. The summed E-state index contributed by atoms with van der Waals surface area (Å²) in [4.78, 5) is 16.6. The number of carbonyl (C=O) groups excluding carboxylic acids is 1. The number of hydrogen-bond donors (Lipinski definition) is 1. The summed E-state index contributed by atoms with van der Waals surface area (Å²) in [6.45, 7) is 0.968. The molecule has 0 unspecified atom stereocenters. The van der Waals surface area contributed by atoms with Crippen molar-refractivity contribution in [3.05, 3.63) is 35.4 Å². The largest absolute Gasteiger partial charge is 0.306 e. The molecule has 0 radical (unpaired) electrons. The highest BCUT2D eigenvalue weighted by molar-refractivity contribution is 6.31. The molecule has 21 heavy (non-hydrogen) atoms. The molecule has 3 aliphatic rings. The van der Waals surface area contributed by atoms with Gasteiger partial charge in [0, 0.05) is 18.8 Å². The summed E-state index contributed by atoms with van der Waals surface area (Å²) in [6, 6.07) is 4.08.